The molecular weight excluding hydrogens is 500 g/mol. The number of hydrogen-bond donors (Lipinski definition) is 1. The third kappa shape index (κ3) is 5.40. The summed E-state index contributed by atoms with van der Waals surface area (Å²) < 4.78 is 23.6. The summed E-state index contributed by atoms with van der Waals surface area (Å²) in [4.78, 5) is 9.01. The summed E-state index contributed by atoms with van der Waals surface area (Å²) in [6.07, 6.45) is 2.15. The molecule has 1 aliphatic rings. The second kappa shape index (κ2) is 11.1. The van der Waals surface area contributed by atoms with E-state index in [0.29, 0.717) is 44.7 Å². The highest BCUT2D eigenvalue weighted by molar-refractivity contribution is 7.73. The molecule has 0 radical (unpaired) electrons. The van der Waals surface area contributed by atoms with Gasteiger partial charge in [-0.1, -0.05) is 6.07 Å². The van der Waals surface area contributed by atoms with E-state index in [1.807, 2.05) is 24.3 Å². The number of aromatic nitrogens is 1. The number of methoxy groups -OCH3 is 3. The van der Waals surface area contributed by atoms with Crippen molar-refractivity contribution in [1.29, 1.82) is 5.26 Å². The van der Waals surface area contributed by atoms with Crippen LogP contribution < -0.4 is 14.2 Å². The topological polar surface area (TPSA) is 111 Å². The Labute approximate surface area is 216 Å². The number of thiazole rings is 1. The van der Waals surface area contributed by atoms with Crippen molar-refractivity contribution in [2.24, 2.45) is 9.98 Å². The van der Waals surface area contributed by atoms with E-state index in [0.717, 1.165) is 5.56 Å². The number of nitrogens with zero attached hydrogens (tertiary/aromatic N) is 4. The van der Waals surface area contributed by atoms with Crippen molar-refractivity contribution in [3.63, 3.8) is 0 Å². The number of aromatic hydroxyl groups is 1. The van der Waals surface area contributed by atoms with Crippen molar-refractivity contribution >= 4 is 46.9 Å². The number of hydrogen-bond acceptors (Lipinski definition) is 10. The number of ether oxygens (including phenoxy) is 4. The van der Waals surface area contributed by atoms with Gasteiger partial charge in [-0.05, 0) is 60.6 Å². The number of rotatable bonds is 8. The highest BCUT2D eigenvalue weighted by Gasteiger charge is 2.23. The fourth-order valence-corrected chi connectivity index (χ4v) is 4.69. The van der Waals surface area contributed by atoms with E-state index in [-0.39, 0.29) is 23.4 Å². The van der Waals surface area contributed by atoms with E-state index in [2.05, 4.69) is 9.98 Å². The van der Waals surface area contributed by atoms with Gasteiger partial charge in [-0.3, -0.25) is 4.57 Å². The molecule has 36 heavy (non-hydrogen) atoms. The highest BCUT2D eigenvalue weighted by Crippen LogP contribution is 2.32. The van der Waals surface area contributed by atoms with Gasteiger partial charge in [0.25, 0.3) is 5.90 Å². The first-order valence-corrected chi connectivity index (χ1v) is 11.9. The average Bonchev–Trinajstić information content (AvgIpc) is 3.41. The zero-order valence-electron chi connectivity index (χ0n) is 19.7. The smallest absolute Gasteiger partial charge is 0.258 e. The lowest BCUT2D eigenvalue weighted by atomic mass is 10.1. The first-order valence-electron chi connectivity index (χ1n) is 10.7. The fourth-order valence-electron chi connectivity index (χ4n) is 3.41. The largest absolute Gasteiger partial charge is 0.497 e. The van der Waals surface area contributed by atoms with Crippen molar-refractivity contribution < 1.29 is 24.1 Å². The molecule has 3 aromatic rings. The van der Waals surface area contributed by atoms with Gasteiger partial charge in [0, 0.05) is 12.6 Å². The fraction of sp³-hybridized carbons (Fsp3) is 0.200. The first-order chi connectivity index (χ1) is 17.4. The normalized spacial score (nSPS) is 14.9. The standard InChI is InChI=1S/C25H22N4O5S2/c1-31-17-7-5-16(6-8-17)27-23-18(14-26)28-22(34-23)13-21-24(30)29(25(35)36-21)11-10-15-4-9-19(32-2)20(12-15)33-3/h4-9,12-13,30H,10-11H2,1-3H3/b22-13+,27-23?. The van der Waals surface area contributed by atoms with Gasteiger partial charge in [0.15, 0.2) is 15.5 Å². The minimum atomic E-state index is -0.00386. The van der Waals surface area contributed by atoms with Crippen LogP contribution in [0, 0.1) is 15.3 Å². The van der Waals surface area contributed by atoms with Crippen LogP contribution in [-0.4, -0.2) is 42.6 Å². The maximum absolute atomic E-state index is 10.8. The predicted octanol–water partition coefficient (Wildman–Crippen LogP) is 5.28. The number of aryl methyl sites for hydroxylation is 1. The summed E-state index contributed by atoms with van der Waals surface area (Å²) in [5, 5.41) is 20.3. The van der Waals surface area contributed by atoms with Crippen LogP contribution in [0.15, 0.2) is 58.3 Å². The van der Waals surface area contributed by atoms with E-state index in [1.54, 1.807) is 50.2 Å². The summed E-state index contributed by atoms with van der Waals surface area (Å²) in [7, 11) is 4.75. The molecule has 0 saturated heterocycles. The molecule has 0 atom stereocenters. The predicted molar refractivity (Wildman–Crippen MR) is 140 cm³/mol. The molecule has 0 fully saturated rings. The molecule has 2 heterocycles. The molecule has 2 aromatic carbocycles. The van der Waals surface area contributed by atoms with E-state index < -0.39 is 0 Å². The molecule has 0 saturated carbocycles. The van der Waals surface area contributed by atoms with E-state index in [4.69, 9.17) is 31.2 Å². The maximum Gasteiger partial charge on any atom is 0.258 e. The Morgan fingerprint density at radius 3 is 2.56 bits per heavy atom. The molecule has 1 aromatic heterocycles. The molecule has 11 heteroatoms. The molecule has 184 valence electrons. The second-order valence-electron chi connectivity index (χ2n) is 7.42. The van der Waals surface area contributed by atoms with Crippen LogP contribution in [0.2, 0.25) is 0 Å². The van der Waals surface area contributed by atoms with Gasteiger partial charge in [-0.2, -0.15) is 10.3 Å². The molecule has 0 unspecified atom stereocenters. The number of aliphatic imine (C=N–C) groups is 2. The zero-order valence-corrected chi connectivity index (χ0v) is 21.4. The van der Waals surface area contributed by atoms with Crippen molar-refractivity contribution in [3.8, 4) is 29.2 Å². The number of benzene rings is 2. The van der Waals surface area contributed by atoms with Crippen LogP contribution in [0.5, 0.6) is 23.1 Å². The SMILES string of the molecule is COc1ccc(N=C2O/C(=C/c3sc(=S)n(CCc4ccc(OC)c(OC)c4)c3O)N=C2C#N)cc1. The Morgan fingerprint density at radius 2 is 1.89 bits per heavy atom. The van der Waals surface area contributed by atoms with Gasteiger partial charge >= 0.3 is 0 Å². The van der Waals surface area contributed by atoms with Crippen molar-refractivity contribution in [1.82, 2.24) is 4.57 Å². The lowest BCUT2D eigenvalue weighted by Crippen LogP contribution is -2.07. The van der Waals surface area contributed by atoms with Crippen LogP contribution >= 0.6 is 23.6 Å². The first kappa shape index (κ1) is 25.0. The van der Waals surface area contributed by atoms with E-state index in [1.165, 1.54) is 17.4 Å². The highest BCUT2D eigenvalue weighted by atomic mass is 32.1. The Bertz CT molecular complexity index is 1460. The molecule has 4 rings (SSSR count). The maximum atomic E-state index is 10.8. The van der Waals surface area contributed by atoms with E-state index >= 15 is 0 Å². The number of nitriles is 1. The quantitative estimate of drug-likeness (QED) is 0.401. The van der Waals surface area contributed by atoms with Crippen LogP contribution in [-0.2, 0) is 17.7 Å². The van der Waals surface area contributed by atoms with Crippen molar-refractivity contribution in [3.05, 3.63) is 62.7 Å². The van der Waals surface area contributed by atoms with Gasteiger partial charge in [0.1, 0.15) is 11.8 Å². The monoisotopic (exact) mass is 522 g/mol. The third-order valence-corrected chi connectivity index (χ3v) is 6.64. The van der Waals surface area contributed by atoms with Gasteiger partial charge in [0.05, 0.1) is 31.9 Å². The Balaban J connectivity index is 1.53. The summed E-state index contributed by atoms with van der Waals surface area (Å²) in [6, 6.07) is 14.6. The van der Waals surface area contributed by atoms with Crippen LogP contribution in [0.3, 0.4) is 0 Å². The summed E-state index contributed by atoms with van der Waals surface area (Å²) in [5.74, 6) is 2.18. The molecule has 0 spiro atoms. The third-order valence-electron chi connectivity index (χ3n) is 5.26. The summed E-state index contributed by atoms with van der Waals surface area (Å²) in [6.45, 7) is 0.456. The molecule has 9 nitrogen and oxygen atoms in total. The lowest BCUT2D eigenvalue weighted by Gasteiger charge is -2.10. The van der Waals surface area contributed by atoms with Crippen molar-refractivity contribution in [2.75, 3.05) is 21.3 Å². The average molecular weight is 523 g/mol. The second-order valence-corrected chi connectivity index (χ2v) is 9.09. The minimum absolute atomic E-state index is 0.00386. The Hall–Kier alpha value is -4.14. The molecule has 1 N–H and O–H groups in total. The Morgan fingerprint density at radius 1 is 1.14 bits per heavy atom. The van der Waals surface area contributed by atoms with Gasteiger partial charge in [-0.25, -0.2) is 4.99 Å². The van der Waals surface area contributed by atoms with E-state index in [9.17, 15) is 10.4 Å². The summed E-state index contributed by atoms with van der Waals surface area (Å²) in [5.41, 5.74) is 1.62. The summed E-state index contributed by atoms with van der Waals surface area (Å²) >= 11 is 6.68. The van der Waals surface area contributed by atoms with Gasteiger partial charge in [0.2, 0.25) is 17.5 Å². The van der Waals surface area contributed by atoms with Crippen LogP contribution in [0.25, 0.3) is 6.08 Å². The van der Waals surface area contributed by atoms with Crippen LogP contribution in [0.1, 0.15) is 10.4 Å². The van der Waals surface area contributed by atoms with Crippen molar-refractivity contribution in [2.45, 2.75) is 13.0 Å². The molecule has 1 aliphatic heterocycles. The minimum Gasteiger partial charge on any atom is -0.497 e. The molecule has 0 aliphatic carbocycles. The molecule has 0 bridgehead atoms. The molecule has 0 amide bonds. The van der Waals surface area contributed by atoms with Crippen LogP contribution in [0.4, 0.5) is 5.69 Å². The molecular formula is C25H22N4O5S2. The van der Waals surface area contributed by atoms with Gasteiger partial charge < -0.3 is 24.1 Å². The Kier molecular flexibility index (Phi) is 7.68. The zero-order chi connectivity index (χ0) is 25.7. The van der Waals surface area contributed by atoms with Gasteiger partial charge in [-0.15, -0.1) is 11.3 Å². The lowest BCUT2D eigenvalue weighted by molar-refractivity contribution is 0.354.